The second-order valence-electron chi connectivity index (χ2n) is 8.03. The fourth-order valence-electron chi connectivity index (χ4n) is 3.56. The highest BCUT2D eigenvalue weighted by Gasteiger charge is 2.13. The summed E-state index contributed by atoms with van der Waals surface area (Å²) in [5.74, 6) is 1.66. The van der Waals surface area contributed by atoms with Gasteiger partial charge >= 0.3 is 0 Å². The lowest BCUT2D eigenvalue weighted by Crippen LogP contribution is -2.14. The zero-order valence-corrected chi connectivity index (χ0v) is 20.1. The Balaban J connectivity index is 1.46. The van der Waals surface area contributed by atoms with Gasteiger partial charge < -0.3 is 14.8 Å². The van der Waals surface area contributed by atoms with E-state index in [1.807, 2.05) is 56.3 Å². The summed E-state index contributed by atoms with van der Waals surface area (Å²) in [6, 6.07) is 20.7. The first-order valence-corrected chi connectivity index (χ1v) is 11.3. The van der Waals surface area contributed by atoms with Crippen LogP contribution < -0.4 is 14.8 Å². The highest BCUT2D eigenvalue weighted by atomic mass is 35.5. The average Bonchev–Trinajstić information content (AvgIpc) is 3.27. The van der Waals surface area contributed by atoms with E-state index in [4.69, 9.17) is 21.1 Å². The summed E-state index contributed by atoms with van der Waals surface area (Å²) in [5.41, 5.74) is 4.38. The highest BCUT2D eigenvalue weighted by Crippen LogP contribution is 2.25. The molecular formula is C27H26ClN3O3. The topological polar surface area (TPSA) is 65.4 Å². The van der Waals surface area contributed by atoms with Gasteiger partial charge in [-0.2, -0.15) is 5.10 Å². The molecule has 1 amide bonds. The van der Waals surface area contributed by atoms with Crippen molar-refractivity contribution < 1.29 is 14.3 Å². The van der Waals surface area contributed by atoms with Gasteiger partial charge in [-0.3, -0.25) is 9.48 Å². The number of nitrogens with one attached hydrogen (secondary N) is 1. The first-order chi connectivity index (χ1) is 16.4. The molecule has 34 heavy (non-hydrogen) atoms. The Morgan fingerprint density at radius 1 is 1.00 bits per heavy atom. The number of methoxy groups -OCH3 is 1. The number of benzene rings is 3. The maximum Gasteiger partial charge on any atom is 0.256 e. The van der Waals surface area contributed by atoms with Crippen LogP contribution in [0.4, 0.5) is 5.82 Å². The minimum absolute atomic E-state index is 0.265. The Kier molecular flexibility index (Phi) is 7.18. The first-order valence-electron chi connectivity index (χ1n) is 10.9. The Bertz CT molecular complexity index is 1320. The number of amides is 1. The van der Waals surface area contributed by atoms with Crippen molar-refractivity contribution in [2.24, 2.45) is 0 Å². The van der Waals surface area contributed by atoms with Gasteiger partial charge in [-0.25, -0.2) is 0 Å². The summed E-state index contributed by atoms with van der Waals surface area (Å²) in [5, 5.41) is 7.97. The van der Waals surface area contributed by atoms with Gasteiger partial charge in [0.1, 0.15) is 18.1 Å². The standard InChI is InChI=1S/C27H26ClN3O3/c1-18-8-9-19(2)25(14-18)34-17-22-15-20(10-11-24(22)33-3)27(32)29-26-12-13-31(30-26)16-21-6-4-5-7-23(21)28/h4-15H,16-17H2,1-3H3,(H,29,30,32). The molecule has 1 heterocycles. The molecule has 4 rings (SSSR count). The van der Waals surface area contributed by atoms with Gasteiger partial charge in [0.05, 0.1) is 13.7 Å². The van der Waals surface area contributed by atoms with Gasteiger partial charge in [0, 0.05) is 28.4 Å². The number of carbonyl (C=O) groups excluding carboxylic acids is 1. The van der Waals surface area contributed by atoms with E-state index in [-0.39, 0.29) is 12.5 Å². The summed E-state index contributed by atoms with van der Waals surface area (Å²) in [7, 11) is 1.60. The molecule has 0 atom stereocenters. The van der Waals surface area contributed by atoms with Crippen LogP contribution in [0, 0.1) is 13.8 Å². The van der Waals surface area contributed by atoms with Crippen LogP contribution >= 0.6 is 11.6 Å². The molecule has 0 unspecified atom stereocenters. The van der Waals surface area contributed by atoms with Crippen molar-refractivity contribution in [3.05, 3.63) is 106 Å². The Morgan fingerprint density at radius 3 is 2.62 bits per heavy atom. The number of halogens is 1. The molecule has 0 fully saturated rings. The van der Waals surface area contributed by atoms with E-state index in [0.29, 0.717) is 28.7 Å². The quantitative estimate of drug-likeness (QED) is 0.337. The summed E-state index contributed by atoms with van der Waals surface area (Å²) in [4.78, 5) is 12.9. The van der Waals surface area contributed by atoms with Crippen LogP contribution in [0.2, 0.25) is 5.02 Å². The third-order valence-electron chi connectivity index (χ3n) is 5.44. The Labute approximate surface area is 204 Å². The monoisotopic (exact) mass is 475 g/mol. The van der Waals surface area contributed by atoms with Crippen molar-refractivity contribution in [2.45, 2.75) is 27.0 Å². The minimum Gasteiger partial charge on any atom is -0.496 e. The Hall–Kier alpha value is -3.77. The molecule has 0 spiro atoms. The summed E-state index contributed by atoms with van der Waals surface area (Å²) < 4.78 is 13.2. The van der Waals surface area contributed by atoms with E-state index in [9.17, 15) is 4.79 Å². The molecule has 0 bridgehead atoms. The number of hydrogen-bond donors (Lipinski definition) is 1. The number of nitrogens with zero attached hydrogens (tertiary/aromatic N) is 2. The summed E-state index contributed by atoms with van der Waals surface area (Å²) >= 11 is 6.23. The Morgan fingerprint density at radius 2 is 1.82 bits per heavy atom. The van der Waals surface area contributed by atoms with Gasteiger partial charge in [0.15, 0.2) is 5.82 Å². The fraction of sp³-hybridized carbons (Fsp3) is 0.185. The van der Waals surface area contributed by atoms with Crippen molar-refractivity contribution in [3.8, 4) is 11.5 Å². The zero-order chi connectivity index (χ0) is 24.1. The van der Waals surface area contributed by atoms with E-state index in [0.717, 1.165) is 28.0 Å². The number of aromatic nitrogens is 2. The average molecular weight is 476 g/mol. The molecule has 0 aliphatic rings. The van der Waals surface area contributed by atoms with Gasteiger partial charge in [0.25, 0.3) is 5.91 Å². The number of aryl methyl sites for hydroxylation is 2. The van der Waals surface area contributed by atoms with Gasteiger partial charge in [0.2, 0.25) is 0 Å². The van der Waals surface area contributed by atoms with Crippen molar-refractivity contribution >= 4 is 23.3 Å². The molecule has 174 valence electrons. The summed E-state index contributed by atoms with van der Waals surface area (Å²) in [6.07, 6.45) is 1.80. The lowest BCUT2D eigenvalue weighted by molar-refractivity contribution is 0.102. The van der Waals surface area contributed by atoms with Crippen LogP contribution in [-0.2, 0) is 13.2 Å². The van der Waals surface area contributed by atoms with Crippen molar-refractivity contribution in [3.63, 3.8) is 0 Å². The number of anilines is 1. The lowest BCUT2D eigenvalue weighted by atomic mass is 10.1. The number of rotatable bonds is 8. The van der Waals surface area contributed by atoms with E-state index in [1.165, 1.54) is 0 Å². The largest absolute Gasteiger partial charge is 0.496 e. The third-order valence-corrected chi connectivity index (χ3v) is 5.81. The van der Waals surface area contributed by atoms with E-state index in [1.54, 1.807) is 42.3 Å². The molecule has 0 aliphatic carbocycles. The lowest BCUT2D eigenvalue weighted by Gasteiger charge is -2.14. The number of carbonyl (C=O) groups is 1. The van der Waals surface area contributed by atoms with Crippen LogP contribution in [0.3, 0.4) is 0 Å². The van der Waals surface area contributed by atoms with E-state index in [2.05, 4.69) is 10.4 Å². The first kappa shape index (κ1) is 23.4. The minimum atomic E-state index is -0.265. The van der Waals surface area contributed by atoms with Gasteiger partial charge in [-0.05, 0) is 60.9 Å². The van der Waals surface area contributed by atoms with Gasteiger partial charge in [-0.1, -0.05) is 41.9 Å². The van der Waals surface area contributed by atoms with Crippen LogP contribution in [0.25, 0.3) is 0 Å². The predicted molar refractivity (Wildman–Crippen MR) is 134 cm³/mol. The van der Waals surface area contributed by atoms with Gasteiger partial charge in [-0.15, -0.1) is 0 Å². The van der Waals surface area contributed by atoms with Crippen LogP contribution in [-0.4, -0.2) is 22.8 Å². The molecule has 0 saturated heterocycles. The molecule has 4 aromatic rings. The van der Waals surface area contributed by atoms with Crippen molar-refractivity contribution in [1.29, 1.82) is 0 Å². The maximum atomic E-state index is 12.9. The SMILES string of the molecule is COc1ccc(C(=O)Nc2ccn(Cc3ccccc3Cl)n2)cc1COc1cc(C)ccc1C. The van der Waals surface area contributed by atoms with Crippen LogP contribution in [0.1, 0.15) is 32.6 Å². The molecule has 1 N–H and O–H groups in total. The normalized spacial score (nSPS) is 10.7. The molecule has 0 radical (unpaired) electrons. The van der Waals surface area contributed by atoms with Crippen molar-refractivity contribution in [2.75, 3.05) is 12.4 Å². The van der Waals surface area contributed by atoms with Crippen molar-refractivity contribution in [1.82, 2.24) is 9.78 Å². The molecule has 6 nitrogen and oxygen atoms in total. The summed E-state index contributed by atoms with van der Waals surface area (Å²) in [6.45, 7) is 4.81. The van der Waals surface area contributed by atoms with E-state index < -0.39 is 0 Å². The van der Waals surface area contributed by atoms with Crippen LogP contribution in [0.5, 0.6) is 11.5 Å². The smallest absolute Gasteiger partial charge is 0.256 e. The number of ether oxygens (including phenoxy) is 2. The molecule has 1 aromatic heterocycles. The molecule has 0 aliphatic heterocycles. The second-order valence-corrected chi connectivity index (χ2v) is 8.44. The number of hydrogen-bond acceptors (Lipinski definition) is 4. The van der Waals surface area contributed by atoms with E-state index >= 15 is 0 Å². The third kappa shape index (κ3) is 5.58. The maximum absolute atomic E-state index is 12.9. The zero-order valence-electron chi connectivity index (χ0n) is 19.3. The van der Waals surface area contributed by atoms with Crippen LogP contribution in [0.15, 0.2) is 72.9 Å². The molecule has 3 aromatic carbocycles. The highest BCUT2D eigenvalue weighted by molar-refractivity contribution is 6.31. The molecule has 0 saturated carbocycles. The molecular weight excluding hydrogens is 450 g/mol. The second kappa shape index (κ2) is 10.4. The predicted octanol–water partition coefficient (Wildman–Crippen LogP) is 6.04. The fourth-order valence-corrected chi connectivity index (χ4v) is 3.75. The molecule has 7 heteroatoms.